The lowest BCUT2D eigenvalue weighted by Crippen LogP contribution is -2.47. The standard InChI is InChI=1S/C47H53ClF3N5O6S3/c48-37-10-6-34(7-11-37)42-16-18-46(19-20-46)31-36(42)32-55-22-24-56(25-23-55)39-12-8-35(9-13-39)45(57)53-65(60,61)41-14-15-43(44(30-41)64(58,59)47(49,50)51)52-38(17-21-54-26-28-62-29-27-54)33-63-40-4-2-1-3-5-40/h1-15,30,38,52H,16-29,31-33H2,(H,53,57)/t38-/m1/s1. The van der Waals surface area contributed by atoms with Gasteiger partial charge in [0.1, 0.15) is 4.90 Å². The quantitative estimate of drug-likeness (QED) is 0.105. The molecule has 1 spiro atoms. The van der Waals surface area contributed by atoms with Crippen LogP contribution < -0.4 is 14.9 Å². The molecular weight excluding hydrogens is 919 g/mol. The highest BCUT2D eigenvalue weighted by molar-refractivity contribution is 7.99. The molecule has 4 aliphatic rings. The number of morpholine rings is 1. The zero-order chi connectivity index (χ0) is 45.8. The number of thioether (sulfide) groups is 1. The third-order valence-electron chi connectivity index (χ3n) is 12.9. The average molecular weight is 973 g/mol. The van der Waals surface area contributed by atoms with Crippen molar-refractivity contribution in [3.63, 3.8) is 0 Å². The lowest BCUT2D eigenvalue weighted by molar-refractivity contribution is -0.0435. The van der Waals surface area contributed by atoms with Crippen molar-refractivity contribution in [1.82, 2.24) is 14.5 Å². The molecule has 2 aliphatic carbocycles. The Bertz CT molecular complexity index is 2570. The van der Waals surface area contributed by atoms with E-state index in [1.165, 1.54) is 59.9 Å². The first kappa shape index (κ1) is 47.4. The fraction of sp³-hybridized carbons (Fsp3) is 0.426. The molecule has 2 saturated heterocycles. The number of carbonyl (C=O) groups excluding carboxylic acids is 1. The molecule has 348 valence electrons. The Morgan fingerprint density at radius 3 is 2.18 bits per heavy atom. The van der Waals surface area contributed by atoms with Crippen LogP contribution in [0.3, 0.4) is 0 Å². The number of piperazine rings is 1. The van der Waals surface area contributed by atoms with Crippen LogP contribution in [0.15, 0.2) is 117 Å². The summed E-state index contributed by atoms with van der Waals surface area (Å²) in [6.45, 7) is 7.13. The van der Waals surface area contributed by atoms with Gasteiger partial charge in [0, 0.05) is 85.3 Å². The van der Waals surface area contributed by atoms with Gasteiger partial charge in [-0.1, -0.05) is 47.5 Å². The number of rotatable bonds is 16. The summed E-state index contributed by atoms with van der Waals surface area (Å²) in [6.07, 6.45) is 6.47. The summed E-state index contributed by atoms with van der Waals surface area (Å²) in [5.74, 6) is -0.646. The maximum atomic E-state index is 14.2. The molecule has 0 bridgehead atoms. The van der Waals surface area contributed by atoms with Crippen molar-refractivity contribution in [2.45, 2.75) is 64.8 Å². The first-order chi connectivity index (χ1) is 31.1. The van der Waals surface area contributed by atoms with E-state index in [1.54, 1.807) is 12.1 Å². The monoisotopic (exact) mass is 971 g/mol. The number of allylic oxidation sites excluding steroid dienone is 1. The Balaban J connectivity index is 0.926. The molecular formula is C47H53ClF3N5O6S3. The van der Waals surface area contributed by atoms with Crippen LogP contribution >= 0.6 is 23.4 Å². The second-order valence-corrected chi connectivity index (χ2v) is 22.4. The second kappa shape index (κ2) is 20.0. The molecule has 2 aliphatic heterocycles. The lowest BCUT2D eigenvalue weighted by Gasteiger charge is -2.38. The number of hydrogen-bond acceptors (Lipinski definition) is 11. The van der Waals surface area contributed by atoms with Crippen LogP contribution in [0.2, 0.25) is 5.02 Å². The van der Waals surface area contributed by atoms with Gasteiger partial charge in [-0.15, -0.1) is 11.8 Å². The maximum absolute atomic E-state index is 14.2. The number of alkyl halides is 3. The number of sulfone groups is 1. The van der Waals surface area contributed by atoms with Gasteiger partial charge in [0.15, 0.2) is 0 Å². The molecule has 4 aromatic rings. The molecule has 11 nitrogen and oxygen atoms in total. The summed E-state index contributed by atoms with van der Waals surface area (Å²) >= 11 is 7.65. The first-order valence-electron chi connectivity index (χ1n) is 21.9. The van der Waals surface area contributed by atoms with Crippen LogP contribution in [0.1, 0.15) is 54.4 Å². The molecule has 8 rings (SSSR count). The van der Waals surface area contributed by atoms with Crippen molar-refractivity contribution in [3.05, 3.63) is 119 Å². The second-order valence-electron chi connectivity index (χ2n) is 17.3. The van der Waals surface area contributed by atoms with E-state index in [9.17, 15) is 34.8 Å². The zero-order valence-electron chi connectivity index (χ0n) is 35.9. The molecule has 0 aromatic heterocycles. The molecule has 0 unspecified atom stereocenters. The number of nitrogens with zero attached hydrogens (tertiary/aromatic N) is 3. The Kier molecular flexibility index (Phi) is 14.6. The number of sulfonamides is 1. The smallest absolute Gasteiger partial charge is 0.380 e. The molecule has 0 radical (unpaired) electrons. The number of amides is 1. The average Bonchev–Trinajstić information content (AvgIpc) is 4.06. The van der Waals surface area contributed by atoms with E-state index >= 15 is 0 Å². The number of hydrogen-bond donors (Lipinski definition) is 2. The summed E-state index contributed by atoms with van der Waals surface area (Å²) in [5.41, 5.74) is -0.614. The van der Waals surface area contributed by atoms with Crippen molar-refractivity contribution >= 4 is 66.1 Å². The van der Waals surface area contributed by atoms with Gasteiger partial charge in [-0.3, -0.25) is 14.6 Å². The molecule has 4 aromatic carbocycles. The van der Waals surface area contributed by atoms with Crippen molar-refractivity contribution in [3.8, 4) is 0 Å². The number of carbonyl (C=O) groups is 1. The highest BCUT2D eigenvalue weighted by atomic mass is 35.5. The number of benzene rings is 4. The number of halogens is 4. The maximum Gasteiger partial charge on any atom is 0.501 e. The van der Waals surface area contributed by atoms with Gasteiger partial charge in [-0.2, -0.15) is 13.2 Å². The molecule has 1 saturated carbocycles. The topological polar surface area (TPSA) is 128 Å². The molecule has 1 amide bonds. The summed E-state index contributed by atoms with van der Waals surface area (Å²) in [7, 11) is -10.9. The normalized spacial score (nSPS) is 19.0. The van der Waals surface area contributed by atoms with Gasteiger partial charge < -0.3 is 15.0 Å². The SMILES string of the molecule is O=C(NS(=O)(=O)c1ccc(N[C@H](CCN2CCOCC2)CSc2ccccc2)c(S(=O)(=O)C(F)(F)F)c1)c1ccc(N2CCN(CC3=C(c4ccc(Cl)cc4)CCC4(CC4)C3)CC2)cc1. The summed E-state index contributed by atoms with van der Waals surface area (Å²) in [6, 6.07) is 25.9. The van der Waals surface area contributed by atoms with Gasteiger partial charge in [-0.25, -0.2) is 21.6 Å². The minimum absolute atomic E-state index is 0.00406. The van der Waals surface area contributed by atoms with Gasteiger partial charge >= 0.3 is 5.51 Å². The predicted octanol–water partition coefficient (Wildman–Crippen LogP) is 8.59. The fourth-order valence-corrected chi connectivity index (χ4v) is 12.0. The van der Waals surface area contributed by atoms with Gasteiger partial charge in [-0.05, 0) is 122 Å². The predicted molar refractivity (Wildman–Crippen MR) is 250 cm³/mol. The van der Waals surface area contributed by atoms with Gasteiger partial charge in [0.2, 0.25) is 0 Å². The third kappa shape index (κ3) is 11.7. The Morgan fingerprint density at radius 1 is 0.831 bits per heavy atom. The Labute approximate surface area is 388 Å². The molecule has 2 N–H and O–H groups in total. The van der Waals surface area contributed by atoms with Crippen LogP contribution in [-0.4, -0.2) is 115 Å². The Morgan fingerprint density at radius 2 is 1.52 bits per heavy atom. The summed E-state index contributed by atoms with van der Waals surface area (Å²) in [4.78, 5) is 19.0. The van der Waals surface area contributed by atoms with Crippen LogP contribution in [0, 0.1) is 5.41 Å². The fourth-order valence-electron chi connectivity index (χ4n) is 8.90. The van der Waals surface area contributed by atoms with Gasteiger partial charge in [0.05, 0.1) is 23.8 Å². The molecule has 1 atom stereocenters. The number of nitrogens with one attached hydrogen (secondary N) is 2. The van der Waals surface area contributed by atoms with E-state index in [2.05, 4.69) is 32.1 Å². The minimum atomic E-state index is -6.05. The number of ether oxygens (including phenoxy) is 1. The van der Waals surface area contributed by atoms with Crippen molar-refractivity contribution in [2.24, 2.45) is 5.41 Å². The highest BCUT2D eigenvalue weighted by Gasteiger charge is 2.49. The van der Waals surface area contributed by atoms with Crippen LogP contribution in [0.25, 0.3) is 5.57 Å². The first-order valence-corrected chi connectivity index (χ1v) is 26.2. The number of anilines is 2. The lowest BCUT2D eigenvalue weighted by atomic mass is 9.79. The van der Waals surface area contributed by atoms with E-state index in [0.29, 0.717) is 56.5 Å². The van der Waals surface area contributed by atoms with E-state index in [4.69, 9.17) is 16.3 Å². The van der Waals surface area contributed by atoms with Crippen LogP contribution in [0.5, 0.6) is 0 Å². The molecule has 2 heterocycles. The molecule has 3 fully saturated rings. The van der Waals surface area contributed by atoms with E-state index in [-0.39, 0.29) is 5.56 Å². The summed E-state index contributed by atoms with van der Waals surface area (Å²) in [5, 5.41) is 3.72. The third-order valence-corrected chi connectivity index (χ3v) is 17.2. The zero-order valence-corrected chi connectivity index (χ0v) is 39.1. The van der Waals surface area contributed by atoms with E-state index < -0.39 is 52.8 Å². The van der Waals surface area contributed by atoms with Crippen molar-refractivity contribution in [1.29, 1.82) is 0 Å². The largest absolute Gasteiger partial charge is 0.501 e. The molecule has 18 heteroatoms. The van der Waals surface area contributed by atoms with Crippen LogP contribution in [0.4, 0.5) is 24.5 Å². The van der Waals surface area contributed by atoms with Gasteiger partial charge in [0.25, 0.3) is 25.8 Å². The molecule has 65 heavy (non-hydrogen) atoms. The summed E-state index contributed by atoms with van der Waals surface area (Å²) < 4.78 is 103. The highest BCUT2D eigenvalue weighted by Crippen LogP contribution is 2.58. The van der Waals surface area contributed by atoms with Crippen LogP contribution in [-0.2, 0) is 24.6 Å². The van der Waals surface area contributed by atoms with Crippen molar-refractivity contribution < 1.29 is 39.5 Å². The van der Waals surface area contributed by atoms with E-state index in [0.717, 1.165) is 73.3 Å². The van der Waals surface area contributed by atoms with E-state index in [1.807, 2.05) is 47.2 Å². The van der Waals surface area contributed by atoms with Crippen molar-refractivity contribution in [2.75, 3.05) is 81.5 Å². The minimum Gasteiger partial charge on any atom is -0.380 e. The Hall–Kier alpha value is -4.10.